The van der Waals surface area contributed by atoms with E-state index in [2.05, 4.69) is 0 Å². The van der Waals surface area contributed by atoms with E-state index in [4.69, 9.17) is 15.4 Å². The normalized spacial score (nSPS) is 10.8. The van der Waals surface area contributed by atoms with Crippen LogP contribution in [0, 0.1) is 0 Å². The lowest BCUT2D eigenvalue weighted by Gasteiger charge is -1.91. The molecule has 2 aromatic rings. The predicted molar refractivity (Wildman–Crippen MR) is 35.8 cm³/mol. The molecule has 2 heterocycles. The highest BCUT2D eigenvalue weighted by molar-refractivity contribution is 5.78. The van der Waals surface area contributed by atoms with Crippen molar-refractivity contribution in [3.05, 3.63) is 18.4 Å². The summed E-state index contributed by atoms with van der Waals surface area (Å²) in [5.74, 6) is 0.286. The van der Waals surface area contributed by atoms with Gasteiger partial charge in [-0.15, -0.1) is 0 Å². The van der Waals surface area contributed by atoms with Crippen molar-refractivity contribution >= 4 is 16.9 Å². The van der Waals surface area contributed by atoms with Gasteiger partial charge in [0.05, 0.1) is 6.26 Å². The number of fused-ring (bicyclic) bond motifs is 1. The van der Waals surface area contributed by atoms with E-state index in [0.717, 1.165) is 4.73 Å². The molecule has 4 heteroatoms. The van der Waals surface area contributed by atoms with Gasteiger partial charge in [-0.25, -0.2) is 0 Å². The van der Waals surface area contributed by atoms with Crippen molar-refractivity contribution < 1.29 is 9.62 Å². The van der Waals surface area contributed by atoms with Gasteiger partial charge in [-0.2, -0.15) is 4.73 Å². The summed E-state index contributed by atoms with van der Waals surface area (Å²) in [6.07, 6.45) is 1.50. The number of rotatable bonds is 0. The molecule has 0 aliphatic carbocycles. The molecule has 10 heavy (non-hydrogen) atoms. The van der Waals surface area contributed by atoms with E-state index in [9.17, 15) is 0 Å². The first-order chi connectivity index (χ1) is 4.79. The minimum Gasteiger partial charge on any atom is -0.462 e. The van der Waals surface area contributed by atoms with Crippen LogP contribution >= 0.6 is 0 Å². The van der Waals surface area contributed by atoms with Crippen molar-refractivity contribution in [1.29, 1.82) is 0 Å². The van der Waals surface area contributed by atoms with Gasteiger partial charge in [0.15, 0.2) is 5.58 Å². The van der Waals surface area contributed by atoms with Crippen molar-refractivity contribution in [2.24, 2.45) is 0 Å². The molecule has 3 N–H and O–H groups in total. The van der Waals surface area contributed by atoms with Crippen molar-refractivity contribution in [1.82, 2.24) is 4.73 Å². The molecule has 0 atom stereocenters. The quantitative estimate of drug-likeness (QED) is 0.535. The van der Waals surface area contributed by atoms with Crippen molar-refractivity contribution in [2.75, 3.05) is 5.73 Å². The molecule has 0 amide bonds. The zero-order valence-corrected chi connectivity index (χ0v) is 5.11. The van der Waals surface area contributed by atoms with Crippen LogP contribution in [0.25, 0.3) is 11.1 Å². The van der Waals surface area contributed by atoms with Crippen LogP contribution in [0.5, 0.6) is 0 Å². The zero-order valence-electron chi connectivity index (χ0n) is 5.11. The number of nitrogens with two attached hydrogens (primary N) is 1. The van der Waals surface area contributed by atoms with Crippen LogP contribution in [0.3, 0.4) is 0 Å². The van der Waals surface area contributed by atoms with E-state index in [0.29, 0.717) is 11.1 Å². The summed E-state index contributed by atoms with van der Waals surface area (Å²) in [5, 5.41) is 9.12. The summed E-state index contributed by atoms with van der Waals surface area (Å²) in [6, 6.07) is 3.21. The Morgan fingerprint density at radius 2 is 2.40 bits per heavy atom. The average Bonchev–Trinajstić information content (AvgIpc) is 2.41. The first-order valence-electron chi connectivity index (χ1n) is 2.83. The molecule has 4 nitrogen and oxygen atoms in total. The number of anilines is 1. The molecule has 2 rings (SSSR count). The van der Waals surface area contributed by atoms with Crippen LogP contribution in [-0.2, 0) is 0 Å². The topological polar surface area (TPSA) is 64.3 Å². The van der Waals surface area contributed by atoms with Gasteiger partial charge in [-0.1, -0.05) is 0 Å². The second kappa shape index (κ2) is 1.47. The van der Waals surface area contributed by atoms with Crippen molar-refractivity contribution in [3.63, 3.8) is 0 Å². The Balaban J connectivity index is 2.95. The number of hydrogen-bond acceptors (Lipinski definition) is 3. The average molecular weight is 138 g/mol. The van der Waals surface area contributed by atoms with Gasteiger partial charge in [0.2, 0.25) is 0 Å². The zero-order chi connectivity index (χ0) is 7.14. The summed E-state index contributed by atoms with van der Waals surface area (Å²) in [6.45, 7) is 0. The Labute approximate surface area is 56.4 Å². The Hall–Kier alpha value is -1.58. The lowest BCUT2D eigenvalue weighted by atomic mass is 10.5. The van der Waals surface area contributed by atoms with Gasteiger partial charge in [0, 0.05) is 12.1 Å². The molecule has 0 aliphatic heterocycles. The predicted octanol–water partition coefficient (Wildman–Crippen LogP) is 1.05. The van der Waals surface area contributed by atoms with E-state index in [-0.39, 0.29) is 5.82 Å². The molecule has 0 saturated heterocycles. The van der Waals surface area contributed by atoms with E-state index >= 15 is 0 Å². The third-order valence-corrected chi connectivity index (χ3v) is 1.43. The van der Waals surface area contributed by atoms with Gasteiger partial charge in [0.1, 0.15) is 11.3 Å². The number of nitrogen functional groups attached to an aromatic ring is 1. The molecular weight excluding hydrogens is 132 g/mol. The van der Waals surface area contributed by atoms with Gasteiger partial charge in [-0.3, -0.25) is 0 Å². The minimum absolute atomic E-state index is 0.286. The molecule has 0 aromatic carbocycles. The van der Waals surface area contributed by atoms with Gasteiger partial charge in [-0.05, 0) is 0 Å². The summed E-state index contributed by atoms with van der Waals surface area (Å²) in [7, 11) is 0. The maximum absolute atomic E-state index is 9.12. The van der Waals surface area contributed by atoms with E-state index < -0.39 is 0 Å². The summed E-state index contributed by atoms with van der Waals surface area (Å²) >= 11 is 0. The van der Waals surface area contributed by atoms with Gasteiger partial charge < -0.3 is 15.4 Å². The van der Waals surface area contributed by atoms with Crippen LogP contribution in [0.4, 0.5) is 5.82 Å². The van der Waals surface area contributed by atoms with E-state index in [1.807, 2.05) is 0 Å². The standard InChI is InChI=1S/C6H6N2O2/c7-6-3-5-4(8(6)9)1-2-10-5/h1-3,9H,7H2. The third kappa shape index (κ3) is 0.452. The van der Waals surface area contributed by atoms with Crippen LogP contribution in [-0.4, -0.2) is 9.94 Å². The highest BCUT2D eigenvalue weighted by atomic mass is 16.5. The Morgan fingerprint density at radius 3 is 3.10 bits per heavy atom. The molecule has 0 unspecified atom stereocenters. The van der Waals surface area contributed by atoms with E-state index in [1.165, 1.54) is 6.26 Å². The smallest absolute Gasteiger partial charge is 0.157 e. The van der Waals surface area contributed by atoms with Crippen LogP contribution in [0.15, 0.2) is 22.8 Å². The Morgan fingerprint density at radius 1 is 1.60 bits per heavy atom. The maximum Gasteiger partial charge on any atom is 0.157 e. The number of furan rings is 1. The summed E-state index contributed by atoms with van der Waals surface area (Å²) < 4.78 is 5.85. The van der Waals surface area contributed by atoms with Crippen LogP contribution < -0.4 is 5.73 Å². The summed E-state index contributed by atoms with van der Waals surface area (Å²) in [5.41, 5.74) is 6.54. The Kier molecular flexibility index (Phi) is 0.768. The SMILES string of the molecule is Nc1cc2occc2n1O. The van der Waals surface area contributed by atoms with Crippen LogP contribution in [0.1, 0.15) is 0 Å². The number of nitrogens with zero attached hydrogens (tertiary/aromatic N) is 1. The highest BCUT2D eigenvalue weighted by Gasteiger charge is 2.05. The first kappa shape index (κ1) is 5.22. The molecule has 0 radical (unpaired) electrons. The molecule has 2 aromatic heterocycles. The fourth-order valence-electron chi connectivity index (χ4n) is 0.932. The van der Waals surface area contributed by atoms with Crippen molar-refractivity contribution in [3.8, 4) is 0 Å². The monoisotopic (exact) mass is 138 g/mol. The fraction of sp³-hybridized carbons (Fsp3) is 0. The van der Waals surface area contributed by atoms with Crippen molar-refractivity contribution in [2.45, 2.75) is 0 Å². The molecule has 0 aliphatic rings. The molecular formula is C6H6N2O2. The largest absolute Gasteiger partial charge is 0.462 e. The number of aromatic nitrogens is 1. The molecule has 0 bridgehead atoms. The highest BCUT2D eigenvalue weighted by Crippen LogP contribution is 2.19. The van der Waals surface area contributed by atoms with Gasteiger partial charge >= 0.3 is 0 Å². The third-order valence-electron chi connectivity index (χ3n) is 1.43. The second-order valence-corrected chi connectivity index (χ2v) is 2.05. The molecule has 0 spiro atoms. The van der Waals surface area contributed by atoms with Gasteiger partial charge in [0.25, 0.3) is 0 Å². The molecule has 52 valence electrons. The van der Waals surface area contributed by atoms with E-state index in [1.54, 1.807) is 12.1 Å². The lowest BCUT2D eigenvalue weighted by molar-refractivity contribution is 0.206. The molecule has 0 saturated carbocycles. The first-order valence-corrected chi connectivity index (χ1v) is 2.83. The van der Waals surface area contributed by atoms with Crippen LogP contribution in [0.2, 0.25) is 0 Å². The minimum atomic E-state index is 0.286. The number of hydrogen-bond donors (Lipinski definition) is 2. The summed E-state index contributed by atoms with van der Waals surface area (Å²) in [4.78, 5) is 0. The maximum atomic E-state index is 9.12. The lowest BCUT2D eigenvalue weighted by Crippen LogP contribution is -1.95. The molecule has 0 fully saturated rings. The fourth-order valence-corrected chi connectivity index (χ4v) is 0.932. The second-order valence-electron chi connectivity index (χ2n) is 2.05. The Bertz CT molecular complexity index is 361.